The predicted molar refractivity (Wildman–Crippen MR) is 159 cm³/mol. The first-order valence-electron chi connectivity index (χ1n) is 14.2. The monoisotopic (exact) mass is 606 g/mol. The van der Waals surface area contributed by atoms with Crippen LogP contribution >= 0.6 is 15.9 Å². The van der Waals surface area contributed by atoms with Crippen molar-refractivity contribution < 1.29 is 24.4 Å². The summed E-state index contributed by atoms with van der Waals surface area (Å²) in [6.45, 7) is 6.66. The van der Waals surface area contributed by atoms with Gasteiger partial charge in [0, 0.05) is 22.8 Å². The molecule has 40 heavy (non-hydrogen) atoms. The Hall–Kier alpha value is -2.75. The Bertz CT molecular complexity index is 1340. The summed E-state index contributed by atoms with van der Waals surface area (Å²) in [6, 6.07) is 11.0. The number of phenolic OH excluding ortho intramolecular Hbond substituents is 1. The van der Waals surface area contributed by atoms with E-state index < -0.39 is 19.1 Å². The minimum absolute atomic E-state index is 0.0687. The van der Waals surface area contributed by atoms with Gasteiger partial charge in [0.2, 0.25) is 11.8 Å². The first-order valence-corrected chi connectivity index (χ1v) is 15.0. The molecule has 1 aliphatic carbocycles. The van der Waals surface area contributed by atoms with E-state index in [0.29, 0.717) is 37.7 Å². The molecule has 1 aromatic carbocycles. The molecule has 4 atom stereocenters. The fourth-order valence-corrected chi connectivity index (χ4v) is 7.08. The third-order valence-electron chi connectivity index (χ3n) is 8.47. The Kier molecular flexibility index (Phi) is 8.64. The van der Waals surface area contributed by atoms with Crippen molar-refractivity contribution in [3.8, 4) is 5.75 Å². The number of fused-ring (bicyclic) bond motifs is 3. The van der Waals surface area contributed by atoms with Gasteiger partial charge in [0.15, 0.2) is 0 Å². The molecule has 0 saturated carbocycles. The Morgan fingerprint density at radius 3 is 2.73 bits per heavy atom. The zero-order valence-corrected chi connectivity index (χ0v) is 24.8. The third kappa shape index (κ3) is 5.56. The minimum Gasteiger partial charge on any atom is -0.507 e. The zero-order chi connectivity index (χ0) is 28.6. The van der Waals surface area contributed by atoms with Crippen molar-refractivity contribution >= 4 is 46.5 Å². The smallest absolute Gasteiger partial charge is 0.455 e. The van der Waals surface area contributed by atoms with Crippen molar-refractivity contribution in [2.75, 3.05) is 6.54 Å². The van der Waals surface area contributed by atoms with Crippen LogP contribution in [-0.4, -0.2) is 51.6 Å². The number of hydrogen-bond acceptors (Lipinski definition) is 6. The molecule has 3 aliphatic rings. The molecular weight excluding hydrogens is 571 g/mol. The lowest BCUT2D eigenvalue weighted by molar-refractivity contribution is -0.140. The second-order valence-electron chi connectivity index (χ2n) is 11.3. The zero-order valence-electron chi connectivity index (χ0n) is 23.2. The molecule has 1 aromatic heterocycles. The minimum atomic E-state index is -1.01. The number of allylic oxidation sites excluding steroid dienone is 2. The fourth-order valence-electron chi connectivity index (χ4n) is 6.70. The Labute approximate surface area is 244 Å². The van der Waals surface area contributed by atoms with Crippen LogP contribution in [-0.2, 0) is 14.2 Å². The first-order chi connectivity index (χ1) is 19.2. The Morgan fingerprint density at radius 2 is 2.02 bits per heavy atom. The highest BCUT2D eigenvalue weighted by Crippen LogP contribution is 2.52. The Balaban J connectivity index is 1.50. The molecule has 3 heterocycles. The van der Waals surface area contributed by atoms with Gasteiger partial charge in [-0.2, -0.15) is 0 Å². The number of amides is 2. The van der Waals surface area contributed by atoms with Crippen LogP contribution in [0.3, 0.4) is 0 Å². The number of rotatable bonds is 8. The molecule has 2 aliphatic heterocycles. The molecule has 0 radical (unpaired) electrons. The van der Waals surface area contributed by atoms with Crippen LogP contribution in [0.1, 0.15) is 57.7 Å². The van der Waals surface area contributed by atoms with Crippen LogP contribution in [0.2, 0.25) is 6.32 Å². The molecule has 2 fully saturated rings. The highest BCUT2D eigenvalue weighted by Gasteiger charge is 2.57. The van der Waals surface area contributed by atoms with Crippen LogP contribution in [0.5, 0.6) is 5.75 Å². The SMILES string of the molecule is CCCN1C(=O)[C@@H]2[C@@H](CC(C(C)C)=C3[C@@H](CC/C(=C/c4cc(Br)ccc4O)c4ccccn4)OB(O)C[C@@H]32)C1=O. The maximum Gasteiger partial charge on any atom is 0.455 e. The predicted octanol–water partition coefficient (Wildman–Crippen LogP) is 5.73. The van der Waals surface area contributed by atoms with Gasteiger partial charge in [-0.05, 0) is 91.4 Å². The number of nitrogens with zero attached hydrogens (tertiary/aromatic N) is 2. The van der Waals surface area contributed by atoms with Crippen molar-refractivity contribution in [1.29, 1.82) is 0 Å². The normalized spacial score (nSPS) is 25.1. The van der Waals surface area contributed by atoms with E-state index in [1.54, 1.807) is 18.3 Å². The van der Waals surface area contributed by atoms with Gasteiger partial charge < -0.3 is 14.8 Å². The van der Waals surface area contributed by atoms with E-state index in [2.05, 4.69) is 34.8 Å². The topological polar surface area (TPSA) is 100.0 Å². The lowest BCUT2D eigenvalue weighted by Gasteiger charge is -2.44. The van der Waals surface area contributed by atoms with E-state index in [9.17, 15) is 19.7 Å². The van der Waals surface area contributed by atoms with E-state index >= 15 is 0 Å². The lowest BCUT2D eigenvalue weighted by Crippen LogP contribution is -2.46. The van der Waals surface area contributed by atoms with Gasteiger partial charge in [0.25, 0.3) is 0 Å². The van der Waals surface area contributed by atoms with Gasteiger partial charge in [-0.3, -0.25) is 19.5 Å². The van der Waals surface area contributed by atoms with Crippen molar-refractivity contribution in [2.45, 2.75) is 58.9 Å². The van der Waals surface area contributed by atoms with E-state index in [-0.39, 0.29) is 35.3 Å². The summed E-state index contributed by atoms with van der Waals surface area (Å²) < 4.78 is 7.04. The first kappa shape index (κ1) is 28.8. The number of phenols is 1. The molecule has 2 aromatic rings. The number of aromatic nitrogens is 1. The number of imide groups is 1. The summed E-state index contributed by atoms with van der Waals surface area (Å²) in [6.07, 6.45) is 6.03. The van der Waals surface area contributed by atoms with Crippen LogP contribution in [0.4, 0.5) is 0 Å². The molecule has 5 rings (SSSR count). The summed E-state index contributed by atoms with van der Waals surface area (Å²) in [5, 5.41) is 21.4. The number of halogens is 1. The van der Waals surface area contributed by atoms with Crippen molar-refractivity contribution in [1.82, 2.24) is 9.88 Å². The van der Waals surface area contributed by atoms with Gasteiger partial charge in [0.05, 0.1) is 23.6 Å². The summed E-state index contributed by atoms with van der Waals surface area (Å²) in [4.78, 5) is 32.8. The molecule has 2 saturated heterocycles. The number of hydrogen-bond donors (Lipinski definition) is 2. The number of benzene rings is 1. The van der Waals surface area contributed by atoms with Gasteiger partial charge in [-0.1, -0.05) is 48.3 Å². The maximum absolute atomic E-state index is 13.5. The summed E-state index contributed by atoms with van der Waals surface area (Å²) in [7, 11) is -1.01. The number of aromatic hydroxyl groups is 1. The summed E-state index contributed by atoms with van der Waals surface area (Å²) in [5.74, 6) is -0.839. The highest BCUT2D eigenvalue weighted by molar-refractivity contribution is 9.10. The molecular formula is C31H36BBrN2O5. The summed E-state index contributed by atoms with van der Waals surface area (Å²) >= 11 is 3.49. The molecule has 7 nitrogen and oxygen atoms in total. The molecule has 210 valence electrons. The van der Waals surface area contributed by atoms with Crippen LogP contribution in [0.15, 0.2) is 58.2 Å². The van der Waals surface area contributed by atoms with E-state index in [1.165, 1.54) is 10.5 Å². The standard InChI is InChI=1S/C31H36BBrN2O5/c1-4-13-35-30(37)23-16-22(18(2)3)28-24(29(23)31(35)38)17-32(39)40-27(28)11-8-19(25-7-5-6-12-34-25)14-20-15-21(33)9-10-26(20)36/h5-7,9-10,12,14-15,18,23-24,27,29,36,39H,4,8,11,13,16-17H2,1-3H3/b19-14-/t23-,24+,27-,29-/m1/s1. The van der Waals surface area contributed by atoms with Crippen molar-refractivity contribution in [3.05, 3.63) is 69.5 Å². The van der Waals surface area contributed by atoms with Crippen molar-refractivity contribution in [2.24, 2.45) is 23.7 Å². The molecule has 0 unspecified atom stereocenters. The average molecular weight is 607 g/mol. The van der Waals surface area contributed by atoms with Gasteiger partial charge in [0.1, 0.15) is 5.75 Å². The van der Waals surface area contributed by atoms with Crippen LogP contribution < -0.4 is 0 Å². The van der Waals surface area contributed by atoms with Gasteiger partial charge in [-0.25, -0.2) is 0 Å². The van der Waals surface area contributed by atoms with E-state index in [4.69, 9.17) is 4.65 Å². The molecule has 2 amide bonds. The fraction of sp³-hybridized carbons (Fsp3) is 0.452. The second-order valence-corrected chi connectivity index (χ2v) is 12.3. The summed E-state index contributed by atoms with van der Waals surface area (Å²) in [5.41, 5.74) is 4.66. The molecule has 0 bridgehead atoms. The average Bonchev–Trinajstić information content (AvgIpc) is 3.17. The number of pyridine rings is 1. The molecule has 0 spiro atoms. The second kappa shape index (κ2) is 12.0. The van der Waals surface area contributed by atoms with Gasteiger partial charge >= 0.3 is 7.12 Å². The van der Waals surface area contributed by atoms with Gasteiger partial charge in [-0.15, -0.1) is 0 Å². The number of likely N-dealkylation sites (tertiary alicyclic amines) is 1. The largest absolute Gasteiger partial charge is 0.507 e. The Morgan fingerprint density at radius 1 is 1.23 bits per heavy atom. The number of carbonyl (C=O) groups is 2. The lowest BCUT2D eigenvalue weighted by atomic mass is 9.57. The van der Waals surface area contributed by atoms with E-state index in [0.717, 1.165) is 27.7 Å². The third-order valence-corrected chi connectivity index (χ3v) is 8.96. The molecule has 9 heteroatoms. The number of carbonyl (C=O) groups excluding carboxylic acids is 2. The highest BCUT2D eigenvalue weighted by atomic mass is 79.9. The van der Waals surface area contributed by atoms with Crippen molar-refractivity contribution in [3.63, 3.8) is 0 Å². The maximum atomic E-state index is 13.5. The van der Waals surface area contributed by atoms with E-state index in [1.807, 2.05) is 37.3 Å². The van der Waals surface area contributed by atoms with Crippen LogP contribution in [0, 0.1) is 23.7 Å². The molecule has 2 N–H and O–H groups in total. The quantitative estimate of drug-likeness (QED) is 0.226. The van der Waals surface area contributed by atoms with Crippen LogP contribution in [0.25, 0.3) is 11.6 Å².